The van der Waals surface area contributed by atoms with Crippen LogP contribution in [0.3, 0.4) is 0 Å². The van der Waals surface area contributed by atoms with E-state index in [1.165, 1.54) is 0 Å². The van der Waals surface area contributed by atoms with E-state index >= 15 is 0 Å². The summed E-state index contributed by atoms with van der Waals surface area (Å²) in [6, 6.07) is 1.84. The van der Waals surface area contributed by atoms with Gasteiger partial charge in [0.2, 0.25) is 5.91 Å². The van der Waals surface area contributed by atoms with Gasteiger partial charge in [-0.1, -0.05) is 13.8 Å². The van der Waals surface area contributed by atoms with Crippen LogP contribution in [0, 0.1) is 11.3 Å². The number of rotatable bonds is 5. The zero-order valence-corrected chi connectivity index (χ0v) is 12.0. The summed E-state index contributed by atoms with van der Waals surface area (Å²) in [6.07, 6.45) is 4.79. The van der Waals surface area contributed by atoms with Gasteiger partial charge in [-0.05, 0) is 30.4 Å². The van der Waals surface area contributed by atoms with Crippen molar-refractivity contribution in [2.45, 2.75) is 33.1 Å². The van der Waals surface area contributed by atoms with Gasteiger partial charge < -0.3 is 14.4 Å². The summed E-state index contributed by atoms with van der Waals surface area (Å²) in [4.78, 5) is 25.4. The largest absolute Gasteiger partial charge is 0.481 e. The average Bonchev–Trinajstić information content (AvgIpc) is 3.05. The lowest BCUT2D eigenvalue weighted by molar-refractivity contribution is -0.151. The number of hydrogen-bond acceptors (Lipinski definition) is 3. The highest BCUT2D eigenvalue weighted by molar-refractivity contribution is 5.81. The molecule has 0 saturated carbocycles. The number of amides is 1. The van der Waals surface area contributed by atoms with E-state index in [1.54, 1.807) is 17.4 Å². The Bertz CT molecular complexity index is 480. The number of furan rings is 1. The molecule has 2 rings (SSSR count). The van der Waals surface area contributed by atoms with E-state index in [1.807, 2.05) is 19.9 Å². The van der Waals surface area contributed by atoms with E-state index < -0.39 is 11.4 Å². The van der Waals surface area contributed by atoms with Crippen LogP contribution in [-0.4, -0.2) is 35.0 Å². The van der Waals surface area contributed by atoms with Gasteiger partial charge in [0.25, 0.3) is 0 Å². The third-order valence-electron chi connectivity index (χ3n) is 4.39. The molecule has 1 aliphatic heterocycles. The topological polar surface area (TPSA) is 70.8 Å². The molecule has 1 aromatic rings. The second-order valence-electron chi connectivity index (χ2n) is 5.81. The van der Waals surface area contributed by atoms with Gasteiger partial charge in [0, 0.05) is 19.5 Å². The second kappa shape index (κ2) is 5.69. The molecule has 1 fully saturated rings. The average molecular weight is 279 g/mol. The predicted molar refractivity (Wildman–Crippen MR) is 73.1 cm³/mol. The summed E-state index contributed by atoms with van der Waals surface area (Å²) in [5.74, 6) is -0.751. The molecule has 1 unspecified atom stereocenters. The Labute approximate surface area is 118 Å². The zero-order valence-electron chi connectivity index (χ0n) is 12.0. The Morgan fingerprint density at radius 3 is 2.75 bits per heavy atom. The van der Waals surface area contributed by atoms with Crippen molar-refractivity contribution in [1.29, 1.82) is 0 Å². The van der Waals surface area contributed by atoms with Crippen molar-refractivity contribution < 1.29 is 19.1 Å². The molecular weight excluding hydrogens is 258 g/mol. The molecule has 1 aromatic heterocycles. The van der Waals surface area contributed by atoms with Gasteiger partial charge in [-0.3, -0.25) is 9.59 Å². The number of likely N-dealkylation sites (tertiary alicyclic amines) is 1. The van der Waals surface area contributed by atoms with Crippen molar-refractivity contribution in [2.75, 3.05) is 13.1 Å². The molecule has 1 amide bonds. The van der Waals surface area contributed by atoms with Gasteiger partial charge >= 0.3 is 5.97 Å². The molecule has 0 aliphatic carbocycles. The summed E-state index contributed by atoms with van der Waals surface area (Å²) in [7, 11) is 0. The number of carbonyl (C=O) groups is 2. The van der Waals surface area contributed by atoms with E-state index in [4.69, 9.17) is 4.42 Å². The lowest BCUT2D eigenvalue weighted by atomic mass is 9.76. The van der Waals surface area contributed by atoms with Crippen molar-refractivity contribution in [2.24, 2.45) is 11.3 Å². The van der Waals surface area contributed by atoms with E-state index in [0.717, 1.165) is 5.56 Å². The summed E-state index contributed by atoms with van der Waals surface area (Å²) in [5.41, 5.74) is 0.205. The normalized spacial score (nSPS) is 22.4. The Hall–Kier alpha value is -1.78. The lowest BCUT2D eigenvalue weighted by Crippen LogP contribution is -2.40. The van der Waals surface area contributed by atoms with Gasteiger partial charge in [0.1, 0.15) is 0 Å². The quantitative estimate of drug-likeness (QED) is 0.896. The highest BCUT2D eigenvalue weighted by atomic mass is 16.4. The minimum Gasteiger partial charge on any atom is -0.481 e. The standard InChI is InChI=1S/C15H21NO4/c1-11(2)15(14(18)19)6-7-16(10-15)13(17)4-3-12-5-8-20-9-12/h5,8-9,11H,3-4,6-7,10H2,1-2H3,(H,18,19). The van der Waals surface area contributed by atoms with Gasteiger partial charge in [-0.15, -0.1) is 0 Å². The Kier molecular flexibility index (Phi) is 4.16. The van der Waals surface area contributed by atoms with Crippen molar-refractivity contribution in [3.63, 3.8) is 0 Å². The maximum absolute atomic E-state index is 12.2. The van der Waals surface area contributed by atoms with E-state index in [2.05, 4.69) is 0 Å². The molecule has 0 bridgehead atoms. The molecule has 5 heteroatoms. The van der Waals surface area contributed by atoms with Crippen LogP contribution in [-0.2, 0) is 16.0 Å². The van der Waals surface area contributed by atoms with Crippen LogP contribution in [0.2, 0.25) is 0 Å². The number of nitrogens with zero attached hydrogens (tertiary/aromatic N) is 1. The molecule has 110 valence electrons. The SMILES string of the molecule is CC(C)C1(C(=O)O)CCN(C(=O)CCc2ccoc2)C1. The zero-order chi connectivity index (χ0) is 14.8. The van der Waals surface area contributed by atoms with Crippen LogP contribution in [0.25, 0.3) is 0 Å². The highest BCUT2D eigenvalue weighted by Gasteiger charge is 2.48. The van der Waals surface area contributed by atoms with Crippen LogP contribution in [0.15, 0.2) is 23.0 Å². The summed E-state index contributed by atoms with van der Waals surface area (Å²) in [5, 5.41) is 9.46. The second-order valence-corrected chi connectivity index (χ2v) is 5.81. The van der Waals surface area contributed by atoms with Crippen LogP contribution in [0.1, 0.15) is 32.3 Å². The fourth-order valence-electron chi connectivity index (χ4n) is 2.78. The minimum absolute atomic E-state index is 0.0201. The van der Waals surface area contributed by atoms with Gasteiger partial charge in [0.05, 0.1) is 17.9 Å². The molecular formula is C15H21NO4. The first-order valence-electron chi connectivity index (χ1n) is 6.98. The fraction of sp³-hybridized carbons (Fsp3) is 0.600. The van der Waals surface area contributed by atoms with Crippen LogP contribution >= 0.6 is 0 Å². The highest BCUT2D eigenvalue weighted by Crippen LogP contribution is 2.38. The number of aryl methyl sites for hydroxylation is 1. The van der Waals surface area contributed by atoms with Gasteiger partial charge in [-0.2, -0.15) is 0 Å². The maximum atomic E-state index is 12.2. The molecule has 5 nitrogen and oxygen atoms in total. The maximum Gasteiger partial charge on any atom is 0.311 e. The number of aliphatic carboxylic acids is 1. The van der Waals surface area contributed by atoms with Crippen molar-refractivity contribution in [3.8, 4) is 0 Å². The van der Waals surface area contributed by atoms with Crippen LogP contribution < -0.4 is 0 Å². The first-order chi connectivity index (χ1) is 9.45. The van der Waals surface area contributed by atoms with Crippen LogP contribution in [0.4, 0.5) is 0 Å². The molecule has 20 heavy (non-hydrogen) atoms. The Morgan fingerprint density at radius 1 is 1.50 bits per heavy atom. The van der Waals surface area contributed by atoms with Crippen molar-refractivity contribution in [3.05, 3.63) is 24.2 Å². The number of carboxylic acids is 1. The third kappa shape index (κ3) is 2.71. The fourth-order valence-corrected chi connectivity index (χ4v) is 2.78. The molecule has 2 heterocycles. The number of hydrogen-bond donors (Lipinski definition) is 1. The monoisotopic (exact) mass is 279 g/mol. The smallest absolute Gasteiger partial charge is 0.311 e. The van der Waals surface area contributed by atoms with E-state index in [-0.39, 0.29) is 11.8 Å². The molecule has 0 radical (unpaired) electrons. The van der Waals surface area contributed by atoms with E-state index in [9.17, 15) is 14.7 Å². The van der Waals surface area contributed by atoms with Crippen LogP contribution in [0.5, 0.6) is 0 Å². The molecule has 1 aliphatic rings. The predicted octanol–water partition coefficient (Wildman–Crippen LogP) is 2.17. The molecule has 1 atom stereocenters. The first kappa shape index (κ1) is 14.6. The summed E-state index contributed by atoms with van der Waals surface area (Å²) < 4.78 is 4.97. The number of carboxylic acid groups (broad SMARTS) is 1. The van der Waals surface area contributed by atoms with Crippen molar-refractivity contribution >= 4 is 11.9 Å². The molecule has 1 N–H and O–H groups in total. The molecule has 1 saturated heterocycles. The first-order valence-corrected chi connectivity index (χ1v) is 6.98. The lowest BCUT2D eigenvalue weighted by Gasteiger charge is -2.28. The molecule has 0 spiro atoms. The number of carbonyl (C=O) groups excluding carboxylic acids is 1. The van der Waals surface area contributed by atoms with E-state index in [0.29, 0.717) is 32.4 Å². The minimum atomic E-state index is -0.794. The molecule has 0 aromatic carbocycles. The van der Waals surface area contributed by atoms with Gasteiger partial charge in [0.15, 0.2) is 0 Å². The van der Waals surface area contributed by atoms with Crippen molar-refractivity contribution in [1.82, 2.24) is 4.90 Å². The Morgan fingerprint density at radius 2 is 2.25 bits per heavy atom. The summed E-state index contributed by atoms with van der Waals surface area (Å²) in [6.45, 7) is 4.68. The Balaban J connectivity index is 1.94. The van der Waals surface area contributed by atoms with Gasteiger partial charge in [-0.25, -0.2) is 0 Å². The third-order valence-corrected chi connectivity index (χ3v) is 4.39. The summed E-state index contributed by atoms with van der Waals surface area (Å²) >= 11 is 0.